The second kappa shape index (κ2) is 5.87. The third kappa shape index (κ3) is 3.34. The quantitative estimate of drug-likeness (QED) is 0.874. The minimum Gasteiger partial charge on any atom is -0.326 e. The first kappa shape index (κ1) is 14.9. The predicted molar refractivity (Wildman–Crippen MR) is 74.6 cm³/mol. The second-order valence-corrected chi connectivity index (χ2v) is 7.28. The Balaban J connectivity index is 2.36. The summed E-state index contributed by atoms with van der Waals surface area (Å²) >= 11 is 3.18. The first-order valence-corrected chi connectivity index (χ1v) is 8.42. The molecular weight excluding hydrogens is 335 g/mol. The summed E-state index contributed by atoms with van der Waals surface area (Å²) in [6.07, 6.45) is 3.61. The lowest BCUT2D eigenvalue weighted by molar-refractivity contribution is 0.532. The van der Waals surface area contributed by atoms with Crippen molar-refractivity contribution in [2.24, 2.45) is 5.73 Å². The average Bonchev–Trinajstić information content (AvgIpc) is 2.83. The summed E-state index contributed by atoms with van der Waals surface area (Å²) in [6, 6.07) is 2.67. The molecule has 7 heteroatoms. The fraction of sp³-hybridized carbons (Fsp3) is 0.500. The molecule has 1 aromatic carbocycles. The highest BCUT2D eigenvalue weighted by Gasteiger charge is 2.26. The van der Waals surface area contributed by atoms with E-state index >= 15 is 0 Å². The molecule has 4 nitrogen and oxygen atoms in total. The van der Waals surface area contributed by atoms with Gasteiger partial charge in [-0.05, 0) is 25.0 Å². The van der Waals surface area contributed by atoms with Crippen LogP contribution in [0.3, 0.4) is 0 Å². The summed E-state index contributed by atoms with van der Waals surface area (Å²) in [5.41, 5.74) is 5.60. The molecule has 106 valence electrons. The molecule has 0 bridgehead atoms. The Labute approximate surface area is 120 Å². The van der Waals surface area contributed by atoms with Gasteiger partial charge in [0.2, 0.25) is 10.0 Å². The normalized spacial score (nSPS) is 17.0. The Morgan fingerprint density at radius 3 is 2.58 bits per heavy atom. The van der Waals surface area contributed by atoms with Crippen LogP contribution in [0.1, 0.15) is 31.2 Å². The minimum atomic E-state index is -3.84. The van der Waals surface area contributed by atoms with Gasteiger partial charge in [-0.25, -0.2) is 17.5 Å². The fourth-order valence-electron chi connectivity index (χ4n) is 2.29. The van der Waals surface area contributed by atoms with Crippen molar-refractivity contribution in [1.82, 2.24) is 4.72 Å². The average molecular weight is 351 g/mol. The number of benzene rings is 1. The van der Waals surface area contributed by atoms with Crippen LogP contribution in [0.4, 0.5) is 4.39 Å². The Morgan fingerprint density at radius 2 is 2.00 bits per heavy atom. The fourth-order valence-corrected chi connectivity index (χ4v) is 4.40. The van der Waals surface area contributed by atoms with Crippen LogP contribution in [0, 0.1) is 5.82 Å². The number of sulfonamides is 1. The molecule has 1 saturated carbocycles. The van der Waals surface area contributed by atoms with Gasteiger partial charge in [0.15, 0.2) is 0 Å². The van der Waals surface area contributed by atoms with Crippen molar-refractivity contribution in [2.75, 3.05) is 0 Å². The molecule has 19 heavy (non-hydrogen) atoms. The molecule has 1 fully saturated rings. The van der Waals surface area contributed by atoms with Gasteiger partial charge in [0.05, 0.1) is 0 Å². The van der Waals surface area contributed by atoms with Gasteiger partial charge in [0, 0.05) is 22.6 Å². The van der Waals surface area contributed by atoms with E-state index in [1.54, 1.807) is 0 Å². The largest absolute Gasteiger partial charge is 0.326 e. The van der Waals surface area contributed by atoms with Gasteiger partial charge >= 0.3 is 0 Å². The van der Waals surface area contributed by atoms with E-state index in [0.717, 1.165) is 25.7 Å². The molecule has 0 radical (unpaired) electrons. The zero-order valence-electron chi connectivity index (χ0n) is 10.3. The Morgan fingerprint density at radius 1 is 1.37 bits per heavy atom. The van der Waals surface area contributed by atoms with E-state index in [1.165, 1.54) is 12.1 Å². The van der Waals surface area contributed by atoms with Gasteiger partial charge in [0.25, 0.3) is 0 Å². The lowest BCUT2D eigenvalue weighted by Crippen LogP contribution is -2.33. The van der Waals surface area contributed by atoms with E-state index in [9.17, 15) is 12.8 Å². The van der Waals surface area contributed by atoms with Crippen LogP contribution in [0.2, 0.25) is 0 Å². The van der Waals surface area contributed by atoms with Gasteiger partial charge in [-0.1, -0.05) is 28.8 Å². The van der Waals surface area contributed by atoms with Crippen LogP contribution >= 0.6 is 15.9 Å². The number of hydrogen-bond donors (Lipinski definition) is 2. The van der Waals surface area contributed by atoms with Gasteiger partial charge in [0.1, 0.15) is 10.7 Å². The third-order valence-electron chi connectivity index (χ3n) is 3.27. The molecule has 0 saturated heterocycles. The maximum absolute atomic E-state index is 14.1. The van der Waals surface area contributed by atoms with Crippen molar-refractivity contribution in [3.05, 3.63) is 28.0 Å². The molecule has 0 aromatic heterocycles. The van der Waals surface area contributed by atoms with E-state index < -0.39 is 15.8 Å². The predicted octanol–water partition coefficient (Wildman–Crippen LogP) is 2.27. The SMILES string of the molecule is NCc1cc(Br)cc(S(=O)(=O)NC2CCCC2)c1F. The topological polar surface area (TPSA) is 72.2 Å². The zero-order valence-corrected chi connectivity index (χ0v) is 12.7. The molecule has 1 aliphatic carbocycles. The van der Waals surface area contributed by atoms with Crippen LogP contribution in [-0.2, 0) is 16.6 Å². The summed E-state index contributed by atoms with van der Waals surface area (Å²) in [5, 5.41) is 0. The Kier molecular flexibility index (Phi) is 4.60. The molecule has 0 heterocycles. The lowest BCUT2D eigenvalue weighted by Gasteiger charge is -2.14. The smallest absolute Gasteiger partial charge is 0.243 e. The van der Waals surface area contributed by atoms with E-state index in [-0.39, 0.29) is 23.0 Å². The molecule has 1 aliphatic rings. The van der Waals surface area contributed by atoms with Crippen molar-refractivity contribution in [2.45, 2.75) is 43.2 Å². The maximum atomic E-state index is 14.1. The summed E-state index contributed by atoms with van der Waals surface area (Å²) < 4.78 is 41.6. The third-order valence-corrected chi connectivity index (χ3v) is 5.24. The Hall–Kier alpha value is -0.500. The van der Waals surface area contributed by atoms with Crippen molar-refractivity contribution >= 4 is 26.0 Å². The van der Waals surface area contributed by atoms with Crippen LogP contribution in [0.25, 0.3) is 0 Å². The van der Waals surface area contributed by atoms with Gasteiger partial charge in [-0.3, -0.25) is 0 Å². The van der Waals surface area contributed by atoms with Gasteiger partial charge in [-0.2, -0.15) is 0 Å². The molecule has 0 aliphatic heterocycles. The lowest BCUT2D eigenvalue weighted by atomic mass is 10.2. The Bertz CT molecular complexity index is 571. The van der Waals surface area contributed by atoms with E-state index in [2.05, 4.69) is 20.7 Å². The highest BCUT2D eigenvalue weighted by Crippen LogP contribution is 2.26. The van der Waals surface area contributed by atoms with Crippen molar-refractivity contribution in [3.8, 4) is 0 Å². The van der Waals surface area contributed by atoms with Crippen LogP contribution < -0.4 is 10.5 Å². The van der Waals surface area contributed by atoms with Crippen LogP contribution in [0.5, 0.6) is 0 Å². The maximum Gasteiger partial charge on any atom is 0.243 e. The first-order valence-electron chi connectivity index (χ1n) is 6.14. The molecule has 0 unspecified atom stereocenters. The zero-order chi connectivity index (χ0) is 14.0. The molecule has 0 amide bonds. The molecule has 2 rings (SSSR count). The number of halogens is 2. The number of nitrogens with one attached hydrogen (secondary N) is 1. The van der Waals surface area contributed by atoms with E-state index in [4.69, 9.17) is 5.73 Å². The number of hydrogen-bond acceptors (Lipinski definition) is 3. The van der Waals surface area contributed by atoms with Crippen molar-refractivity contribution < 1.29 is 12.8 Å². The monoisotopic (exact) mass is 350 g/mol. The minimum absolute atomic E-state index is 0.0444. The summed E-state index contributed by atoms with van der Waals surface area (Å²) in [5.74, 6) is -0.767. The molecular formula is C12H16BrFN2O2S. The summed E-state index contributed by atoms with van der Waals surface area (Å²) in [7, 11) is -3.84. The highest BCUT2D eigenvalue weighted by molar-refractivity contribution is 9.10. The standard InChI is InChI=1S/C12H16BrFN2O2S/c13-9-5-8(7-15)12(14)11(6-9)19(17,18)16-10-3-1-2-4-10/h5-6,10,16H,1-4,7,15H2. The van der Waals surface area contributed by atoms with E-state index in [0.29, 0.717) is 4.47 Å². The van der Waals surface area contributed by atoms with Gasteiger partial charge < -0.3 is 5.73 Å². The number of rotatable bonds is 4. The van der Waals surface area contributed by atoms with Crippen molar-refractivity contribution in [3.63, 3.8) is 0 Å². The molecule has 0 spiro atoms. The van der Waals surface area contributed by atoms with Crippen LogP contribution in [-0.4, -0.2) is 14.5 Å². The van der Waals surface area contributed by atoms with Crippen molar-refractivity contribution in [1.29, 1.82) is 0 Å². The van der Waals surface area contributed by atoms with Gasteiger partial charge in [-0.15, -0.1) is 0 Å². The summed E-state index contributed by atoms with van der Waals surface area (Å²) in [4.78, 5) is -0.339. The highest BCUT2D eigenvalue weighted by atomic mass is 79.9. The molecule has 0 atom stereocenters. The molecule has 1 aromatic rings. The van der Waals surface area contributed by atoms with Crippen LogP contribution in [0.15, 0.2) is 21.5 Å². The number of nitrogens with two attached hydrogens (primary N) is 1. The van der Waals surface area contributed by atoms with E-state index in [1.807, 2.05) is 0 Å². The summed E-state index contributed by atoms with van der Waals surface area (Å²) in [6.45, 7) is -0.0444. The molecule has 3 N–H and O–H groups in total. The second-order valence-electron chi connectivity index (χ2n) is 4.68. The first-order chi connectivity index (χ1) is 8.94.